The van der Waals surface area contributed by atoms with E-state index in [4.69, 9.17) is 15.8 Å². The molecule has 0 fully saturated rings. The lowest BCUT2D eigenvalue weighted by Crippen LogP contribution is -2.07. The molecule has 0 aliphatic heterocycles. The van der Waals surface area contributed by atoms with Gasteiger partial charge in [0.15, 0.2) is 20.0 Å². The van der Waals surface area contributed by atoms with Crippen molar-refractivity contribution in [1.82, 2.24) is 0 Å². The van der Waals surface area contributed by atoms with Crippen molar-refractivity contribution in [1.29, 1.82) is 15.8 Å². The standard InChI is InChI=1S/C5H2N3OP/c6-1-4(2-7)5(3-8)10-9/h4-5H. The first kappa shape index (κ1) is 8.57. The second kappa shape index (κ2) is 4.45. The Bertz CT molecular complexity index is 229. The van der Waals surface area contributed by atoms with Gasteiger partial charge in [0.1, 0.15) is 0 Å². The maximum absolute atomic E-state index is 10.1. The van der Waals surface area contributed by atoms with Crippen molar-refractivity contribution in [3.8, 4) is 18.2 Å². The van der Waals surface area contributed by atoms with Crippen LogP contribution in [0.4, 0.5) is 0 Å². The van der Waals surface area contributed by atoms with Crippen LogP contribution in [0.2, 0.25) is 0 Å². The summed E-state index contributed by atoms with van der Waals surface area (Å²) in [6.07, 6.45) is 0. The molecule has 1 atom stereocenters. The number of hydrogen-bond acceptors (Lipinski definition) is 4. The average Bonchev–Trinajstić information content (AvgIpc) is 2.00. The fourth-order valence-corrected chi connectivity index (χ4v) is 0.631. The summed E-state index contributed by atoms with van der Waals surface area (Å²) in [6, 6.07) is 4.71. The lowest BCUT2D eigenvalue weighted by atomic mass is 10.1. The maximum Gasteiger partial charge on any atom is 0.176 e. The zero-order valence-electron chi connectivity index (χ0n) is 4.85. The van der Waals surface area contributed by atoms with Gasteiger partial charge < -0.3 is 0 Å². The number of hydrogen-bond donors (Lipinski definition) is 0. The van der Waals surface area contributed by atoms with Crippen LogP contribution >= 0.6 is 8.46 Å². The molecule has 0 N–H and O–H groups in total. The lowest BCUT2D eigenvalue weighted by molar-refractivity contribution is 0.592. The first-order chi connectivity index (χ1) is 4.79. The molecule has 0 saturated heterocycles. The van der Waals surface area contributed by atoms with E-state index in [-0.39, 0.29) is 0 Å². The minimum atomic E-state index is -1.09. The molecule has 5 heteroatoms. The van der Waals surface area contributed by atoms with Crippen LogP contribution in [0.3, 0.4) is 0 Å². The molecule has 0 amide bonds. The minimum Gasteiger partial charge on any atom is -0.273 e. The van der Waals surface area contributed by atoms with Crippen LogP contribution in [0, 0.1) is 39.9 Å². The molecule has 0 saturated carbocycles. The highest BCUT2D eigenvalue weighted by molar-refractivity contribution is 7.25. The second-order valence-electron chi connectivity index (χ2n) is 1.42. The predicted octanol–water partition coefficient (Wildman–Crippen LogP) is 0.834. The second-order valence-corrected chi connectivity index (χ2v) is 2.18. The quantitative estimate of drug-likeness (QED) is 0.546. The van der Waals surface area contributed by atoms with Crippen molar-refractivity contribution in [2.45, 2.75) is 5.66 Å². The Labute approximate surface area is 59.5 Å². The molecule has 4 nitrogen and oxygen atoms in total. The number of nitrogens with zero attached hydrogens (tertiary/aromatic N) is 3. The summed E-state index contributed by atoms with van der Waals surface area (Å²) in [6.45, 7) is 0. The summed E-state index contributed by atoms with van der Waals surface area (Å²) in [4.78, 5) is 0. The molecule has 0 rings (SSSR count). The third kappa shape index (κ3) is 1.82. The van der Waals surface area contributed by atoms with Gasteiger partial charge in [0, 0.05) is 0 Å². The van der Waals surface area contributed by atoms with E-state index in [1.165, 1.54) is 0 Å². The van der Waals surface area contributed by atoms with Crippen molar-refractivity contribution in [3.05, 3.63) is 0 Å². The number of nitriles is 3. The van der Waals surface area contributed by atoms with Crippen LogP contribution < -0.4 is 0 Å². The highest BCUT2D eigenvalue weighted by atomic mass is 31.1. The normalized spacial score (nSPS) is 11.4. The SMILES string of the molecule is N#CC(C#N)C(C#N)P=O. The summed E-state index contributed by atoms with van der Waals surface area (Å²) < 4.78 is 10.1. The Morgan fingerprint density at radius 1 is 1.10 bits per heavy atom. The van der Waals surface area contributed by atoms with Gasteiger partial charge in [0.05, 0.1) is 18.2 Å². The number of rotatable bonds is 2. The Morgan fingerprint density at radius 2 is 1.60 bits per heavy atom. The van der Waals surface area contributed by atoms with E-state index < -0.39 is 20.0 Å². The first-order valence-electron chi connectivity index (χ1n) is 2.31. The molecule has 0 heterocycles. The fraction of sp³-hybridized carbons (Fsp3) is 0.400. The maximum atomic E-state index is 10.1. The molecule has 0 aromatic carbocycles. The van der Waals surface area contributed by atoms with Gasteiger partial charge in [-0.05, 0) is 0 Å². The molecule has 48 valence electrons. The van der Waals surface area contributed by atoms with Crippen molar-refractivity contribution in [3.63, 3.8) is 0 Å². The van der Waals surface area contributed by atoms with Crippen molar-refractivity contribution in [2.75, 3.05) is 0 Å². The van der Waals surface area contributed by atoms with E-state index >= 15 is 0 Å². The Kier molecular flexibility index (Phi) is 3.81. The monoisotopic (exact) mass is 151 g/mol. The fourth-order valence-electron chi connectivity index (χ4n) is 0.329. The first-order valence-corrected chi connectivity index (χ1v) is 3.19. The van der Waals surface area contributed by atoms with E-state index in [2.05, 4.69) is 0 Å². The van der Waals surface area contributed by atoms with E-state index in [9.17, 15) is 4.57 Å². The van der Waals surface area contributed by atoms with Gasteiger partial charge in [-0.2, -0.15) is 15.8 Å². The van der Waals surface area contributed by atoms with Gasteiger partial charge in [-0.25, -0.2) is 0 Å². The summed E-state index contributed by atoms with van der Waals surface area (Å²) in [5.74, 6) is -1.09. The highest BCUT2D eigenvalue weighted by Crippen LogP contribution is 2.14. The van der Waals surface area contributed by atoms with E-state index in [0.29, 0.717) is 0 Å². The smallest absolute Gasteiger partial charge is 0.176 e. The average molecular weight is 151 g/mol. The topological polar surface area (TPSA) is 88.4 Å². The molecule has 0 aliphatic carbocycles. The van der Waals surface area contributed by atoms with E-state index in [0.717, 1.165) is 0 Å². The molecule has 0 aromatic rings. The molecular weight excluding hydrogens is 149 g/mol. The molecule has 10 heavy (non-hydrogen) atoms. The minimum absolute atomic E-state index is 0.471. The van der Waals surface area contributed by atoms with Crippen molar-refractivity contribution < 1.29 is 4.57 Å². The molecule has 0 bridgehead atoms. The Balaban J connectivity index is 4.35. The summed E-state index contributed by atoms with van der Waals surface area (Å²) in [5.41, 5.74) is -1.02. The lowest BCUT2D eigenvalue weighted by Gasteiger charge is -1.94. The predicted molar refractivity (Wildman–Crippen MR) is 31.7 cm³/mol. The van der Waals surface area contributed by atoms with E-state index in [1.54, 1.807) is 18.2 Å². The summed E-state index contributed by atoms with van der Waals surface area (Å²) >= 11 is 0. The largest absolute Gasteiger partial charge is 0.273 e. The van der Waals surface area contributed by atoms with Crippen molar-refractivity contribution in [2.24, 2.45) is 5.92 Å². The van der Waals surface area contributed by atoms with Crippen LogP contribution in [0.15, 0.2) is 0 Å². The molecule has 0 radical (unpaired) electrons. The van der Waals surface area contributed by atoms with Crippen LogP contribution in [-0.4, -0.2) is 5.66 Å². The molecule has 0 spiro atoms. The van der Waals surface area contributed by atoms with Gasteiger partial charge in [0.2, 0.25) is 0 Å². The summed E-state index contributed by atoms with van der Waals surface area (Å²) in [7, 11) is -0.471. The van der Waals surface area contributed by atoms with E-state index in [1.807, 2.05) is 0 Å². The van der Waals surface area contributed by atoms with Crippen LogP contribution in [0.5, 0.6) is 0 Å². The van der Waals surface area contributed by atoms with Gasteiger partial charge >= 0.3 is 0 Å². The molecule has 1 unspecified atom stereocenters. The highest BCUT2D eigenvalue weighted by Gasteiger charge is 2.20. The Hall–Kier alpha value is -1.43. The molecule has 0 aromatic heterocycles. The third-order valence-corrected chi connectivity index (χ3v) is 1.48. The zero-order valence-corrected chi connectivity index (χ0v) is 5.75. The summed E-state index contributed by atoms with van der Waals surface area (Å²) in [5, 5.41) is 24.6. The van der Waals surface area contributed by atoms with Gasteiger partial charge in [-0.15, -0.1) is 0 Å². The van der Waals surface area contributed by atoms with Crippen molar-refractivity contribution >= 4 is 8.46 Å². The van der Waals surface area contributed by atoms with Gasteiger partial charge in [-0.1, -0.05) is 0 Å². The van der Waals surface area contributed by atoms with Crippen LogP contribution in [0.25, 0.3) is 0 Å². The van der Waals surface area contributed by atoms with Gasteiger partial charge in [-0.3, -0.25) is 4.57 Å². The Morgan fingerprint density at radius 3 is 1.70 bits per heavy atom. The van der Waals surface area contributed by atoms with Crippen LogP contribution in [-0.2, 0) is 4.57 Å². The molecular formula is C5H2N3OP. The third-order valence-electron chi connectivity index (χ3n) is 0.840. The zero-order chi connectivity index (χ0) is 7.98. The van der Waals surface area contributed by atoms with Gasteiger partial charge in [0.25, 0.3) is 0 Å². The molecule has 0 aliphatic rings. The van der Waals surface area contributed by atoms with Crippen LogP contribution in [0.1, 0.15) is 0 Å².